The summed E-state index contributed by atoms with van der Waals surface area (Å²) in [5, 5.41) is 9.00. The van der Waals surface area contributed by atoms with Gasteiger partial charge in [0.05, 0.1) is 17.3 Å². The summed E-state index contributed by atoms with van der Waals surface area (Å²) in [4.78, 5) is 33.4. The molecule has 0 amide bonds. The summed E-state index contributed by atoms with van der Waals surface area (Å²) in [6.45, 7) is 1.50. The third kappa shape index (κ3) is 0.981. The molecule has 0 spiro atoms. The topological polar surface area (TPSA) is 80.7 Å². The van der Waals surface area contributed by atoms with E-state index in [0.717, 1.165) is 0 Å². The van der Waals surface area contributed by atoms with Crippen molar-refractivity contribution in [3.63, 3.8) is 0 Å². The number of hydrogen-bond donors (Lipinski definition) is 1. The maximum Gasteiger partial charge on any atom is 0.317 e. The van der Waals surface area contributed by atoms with Crippen LogP contribution < -0.4 is 0 Å². The quantitative estimate of drug-likeness (QED) is 0.480. The van der Waals surface area contributed by atoms with Crippen LogP contribution in [0.1, 0.15) is 19.8 Å². The van der Waals surface area contributed by atoms with Gasteiger partial charge in [-0.2, -0.15) is 0 Å². The molecule has 0 radical (unpaired) electrons. The Bertz CT molecular complexity index is 334. The number of carboxylic acids is 1. The van der Waals surface area contributed by atoms with Crippen molar-refractivity contribution in [2.24, 2.45) is 17.3 Å². The van der Waals surface area contributed by atoms with Crippen molar-refractivity contribution < 1.29 is 24.2 Å². The van der Waals surface area contributed by atoms with Gasteiger partial charge in [-0.1, -0.05) is 0 Å². The van der Waals surface area contributed by atoms with E-state index in [1.54, 1.807) is 0 Å². The van der Waals surface area contributed by atoms with Crippen LogP contribution in [0.2, 0.25) is 0 Å². The number of carboxylic acid groups (broad SMARTS) is 1. The summed E-state index contributed by atoms with van der Waals surface area (Å²) in [5.74, 6) is -3.37. The standard InChI is InChI=1S/C9H10O5/c1-9(8(12)13)3-4-2-5(9)7(11)14-6(4)10/h4-5H,2-3H2,1H3,(H,12,13). The fourth-order valence-electron chi connectivity index (χ4n) is 2.31. The minimum Gasteiger partial charge on any atom is -0.481 e. The molecule has 2 aliphatic rings. The summed E-state index contributed by atoms with van der Waals surface area (Å²) < 4.78 is 4.48. The van der Waals surface area contributed by atoms with Crippen LogP contribution >= 0.6 is 0 Å². The first-order valence-corrected chi connectivity index (χ1v) is 4.44. The van der Waals surface area contributed by atoms with E-state index in [9.17, 15) is 14.4 Å². The summed E-state index contributed by atoms with van der Waals surface area (Å²) >= 11 is 0. The smallest absolute Gasteiger partial charge is 0.317 e. The van der Waals surface area contributed by atoms with Gasteiger partial charge in [0, 0.05) is 0 Å². The fourth-order valence-corrected chi connectivity index (χ4v) is 2.31. The van der Waals surface area contributed by atoms with Crippen LogP contribution in [0.25, 0.3) is 0 Å². The van der Waals surface area contributed by atoms with Gasteiger partial charge in [-0.15, -0.1) is 0 Å². The highest BCUT2D eigenvalue weighted by Crippen LogP contribution is 2.50. The zero-order valence-electron chi connectivity index (χ0n) is 7.65. The van der Waals surface area contributed by atoms with Crippen molar-refractivity contribution >= 4 is 17.9 Å². The second kappa shape index (κ2) is 2.56. The van der Waals surface area contributed by atoms with E-state index < -0.39 is 35.2 Å². The molecule has 1 aliphatic carbocycles. The van der Waals surface area contributed by atoms with Gasteiger partial charge in [0.1, 0.15) is 0 Å². The van der Waals surface area contributed by atoms with Crippen molar-refractivity contribution in [1.29, 1.82) is 0 Å². The van der Waals surface area contributed by atoms with E-state index in [0.29, 0.717) is 6.42 Å². The average Bonchev–Trinajstić information content (AvgIpc) is 2.39. The van der Waals surface area contributed by atoms with E-state index in [1.807, 2.05) is 0 Å². The lowest BCUT2D eigenvalue weighted by molar-refractivity contribution is -0.172. The molecular formula is C9H10O5. The van der Waals surface area contributed by atoms with Crippen LogP contribution in [0, 0.1) is 17.3 Å². The molecule has 3 unspecified atom stereocenters. The predicted octanol–water partition coefficient (Wildman–Crippen LogP) is 0.187. The Morgan fingerprint density at radius 3 is 2.71 bits per heavy atom. The van der Waals surface area contributed by atoms with Gasteiger partial charge in [-0.25, -0.2) is 0 Å². The van der Waals surface area contributed by atoms with Gasteiger partial charge >= 0.3 is 17.9 Å². The molecule has 5 heteroatoms. The summed E-state index contributed by atoms with van der Waals surface area (Å²) in [5.41, 5.74) is -1.13. The van der Waals surface area contributed by atoms with Crippen LogP contribution in [-0.4, -0.2) is 23.0 Å². The second-order valence-electron chi connectivity index (χ2n) is 4.15. The molecule has 0 aromatic heterocycles. The first-order chi connectivity index (χ1) is 6.45. The van der Waals surface area contributed by atoms with Gasteiger partial charge in [0.15, 0.2) is 0 Å². The van der Waals surface area contributed by atoms with Crippen molar-refractivity contribution in [2.45, 2.75) is 19.8 Å². The Hall–Kier alpha value is -1.39. The maximum atomic E-state index is 11.3. The van der Waals surface area contributed by atoms with Crippen molar-refractivity contribution in [1.82, 2.24) is 0 Å². The Balaban J connectivity index is 2.38. The van der Waals surface area contributed by atoms with Crippen molar-refractivity contribution in [2.75, 3.05) is 0 Å². The number of aliphatic carboxylic acids is 1. The normalized spacial score (nSPS) is 40.9. The second-order valence-corrected chi connectivity index (χ2v) is 4.15. The minimum absolute atomic E-state index is 0.206. The Kier molecular flexibility index (Phi) is 1.68. The molecule has 0 aromatic rings. The zero-order chi connectivity index (χ0) is 10.5. The number of hydrogen-bond acceptors (Lipinski definition) is 4. The van der Waals surface area contributed by atoms with Crippen molar-refractivity contribution in [3.8, 4) is 0 Å². The summed E-state index contributed by atoms with van der Waals surface area (Å²) in [6.07, 6.45) is 0.526. The molecule has 1 saturated heterocycles. The van der Waals surface area contributed by atoms with E-state index in [1.165, 1.54) is 6.92 Å². The number of rotatable bonds is 1. The fraction of sp³-hybridized carbons (Fsp3) is 0.667. The number of cyclic esters (lactones) is 2. The van der Waals surface area contributed by atoms with E-state index >= 15 is 0 Å². The van der Waals surface area contributed by atoms with Gasteiger partial charge in [-0.05, 0) is 19.8 Å². The number of carbonyl (C=O) groups excluding carboxylic acids is 2. The van der Waals surface area contributed by atoms with E-state index in [2.05, 4.69) is 4.74 Å². The lowest BCUT2D eigenvalue weighted by Crippen LogP contribution is -2.37. The van der Waals surface area contributed by atoms with Gasteiger partial charge in [0.25, 0.3) is 0 Å². The Morgan fingerprint density at radius 2 is 2.14 bits per heavy atom. The highest BCUT2D eigenvalue weighted by atomic mass is 16.6. The molecule has 1 heterocycles. The molecule has 76 valence electrons. The van der Waals surface area contributed by atoms with Crippen molar-refractivity contribution in [3.05, 3.63) is 0 Å². The minimum atomic E-state index is -1.13. The summed E-state index contributed by atoms with van der Waals surface area (Å²) in [6, 6.07) is 0. The average molecular weight is 198 g/mol. The lowest BCUT2D eigenvalue weighted by atomic mass is 9.80. The largest absolute Gasteiger partial charge is 0.481 e. The first kappa shape index (κ1) is 9.18. The van der Waals surface area contributed by atoms with Gasteiger partial charge < -0.3 is 9.84 Å². The third-order valence-corrected chi connectivity index (χ3v) is 3.27. The van der Waals surface area contributed by atoms with Crippen LogP contribution in [0.4, 0.5) is 0 Å². The van der Waals surface area contributed by atoms with Crippen LogP contribution in [-0.2, 0) is 19.1 Å². The molecular weight excluding hydrogens is 188 g/mol. The molecule has 0 aromatic carbocycles. The molecule has 1 aliphatic heterocycles. The summed E-state index contributed by atoms with van der Waals surface area (Å²) in [7, 11) is 0. The van der Waals surface area contributed by atoms with Crippen LogP contribution in [0.5, 0.6) is 0 Å². The molecule has 14 heavy (non-hydrogen) atoms. The Labute approximate surface area is 80.0 Å². The molecule has 5 nitrogen and oxygen atoms in total. The molecule has 1 saturated carbocycles. The van der Waals surface area contributed by atoms with Crippen LogP contribution in [0.15, 0.2) is 0 Å². The third-order valence-electron chi connectivity index (χ3n) is 3.27. The SMILES string of the molecule is CC1(C(=O)O)CC2CC1C(=O)OC2=O. The highest BCUT2D eigenvalue weighted by molar-refractivity contribution is 5.96. The lowest BCUT2D eigenvalue weighted by Gasteiger charge is -2.23. The Morgan fingerprint density at radius 1 is 1.50 bits per heavy atom. The first-order valence-electron chi connectivity index (χ1n) is 4.44. The molecule has 2 fully saturated rings. The molecule has 3 atom stereocenters. The van der Waals surface area contributed by atoms with E-state index in [4.69, 9.17) is 5.11 Å². The zero-order valence-corrected chi connectivity index (χ0v) is 7.65. The monoisotopic (exact) mass is 198 g/mol. The number of esters is 2. The van der Waals surface area contributed by atoms with Gasteiger partial charge in [-0.3, -0.25) is 14.4 Å². The predicted molar refractivity (Wildman–Crippen MR) is 43.1 cm³/mol. The molecule has 2 rings (SSSR count). The van der Waals surface area contributed by atoms with Crippen LogP contribution in [0.3, 0.4) is 0 Å². The van der Waals surface area contributed by atoms with Gasteiger partial charge in [0.2, 0.25) is 0 Å². The van der Waals surface area contributed by atoms with E-state index in [-0.39, 0.29) is 6.42 Å². The molecule has 2 bridgehead atoms. The maximum absolute atomic E-state index is 11.3. The number of fused-ring (bicyclic) bond motifs is 2. The highest BCUT2D eigenvalue weighted by Gasteiger charge is 2.58. The number of ether oxygens (including phenoxy) is 1. The molecule has 1 N–H and O–H groups in total. The number of carbonyl (C=O) groups is 3.